The molecule has 3 heteroatoms. The lowest BCUT2D eigenvalue weighted by Gasteiger charge is -2.26. The fourth-order valence-electron chi connectivity index (χ4n) is 3.00. The predicted molar refractivity (Wildman–Crippen MR) is 82.2 cm³/mol. The number of nitrogens with zero attached hydrogens (tertiary/aromatic N) is 2. The maximum atomic E-state index is 4.79. The first-order valence-corrected chi connectivity index (χ1v) is 7.10. The van der Waals surface area contributed by atoms with Crippen LogP contribution in [0.2, 0.25) is 0 Å². The summed E-state index contributed by atoms with van der Waals surface area (Å²) in [5.74, 6) is 1.15. The number of nitrogens with one attached hydrogen (secondary N) is 1. The van der Waals surface area contributed by atoms with Crippen molar-refractivity contribution < 1.29 is 0 Å². The quantitative estimate of drug-likeness (QED) is 0.724. The normalized spacial score (nSPS) is 17.8. The van der Waals surface area contributed by atoms with Gasteiger partial charge in [0.15, 0.2) is 0 Å². The Morgan fingerprint density at radius 2 is 1.90 bits per heavy atom. The summed E-state index contributed by atoms with van der Waals surface area (Å²) in [4.78, 5) is 0. The van der Waals surface area contributed by atoms with Crippen LogP contribution in [0.1, 0.15) is 23.6 Å². The van der Waals surface area contributed by atoms with E-state index in [4.69, 9.17) is 5.10 Å². The topological polar surface area (TPSA) is 29.9 Å². The van der Waals surface area contributed by atoms with Gasteiger partial charge in [0.05, 0.1) is 11.6 Å². The molecule has 0 spiro atoms. The molecule has 3 aromatic rings. The average Bonchev–Trinajstić information content (AvgIpc) is 2.87. The third kappa shape index (κ3) is 1.70. The van der Waals surface area contributed by atoms with Gasteiger partial charge in [-0.1, -0.05) is 42.0 Å². The molecule has 1 atom stereocenters. The molecule has 2 heterocycles. The van der Waals surface area contributed by atoms with Crippen LogP contribution in [0, 0.1) is 6.92 Å². The molecule has 0 saturated carbocycles. The zero-order valence-corrected chi connectivity index (χ0v) is 11.5. The molecule has 0 fully saturated rings. The number of rotatable bonds is 1. The highest BCUT2D eigenvalue weighted by atomic mass is 15.4. The smallest absolute Gasteiger partial charge is 0.132 e. The highest BCUT2D eigenvalue weighted by molar-refractivity contribution is 5.90. The van der Waals surface area contributed by atoms with E-state index in [1.807, 2.05) is 6.07 Å². The summed E-state index contributed by atoms with van der Waals surface area (Å²) in [6.45, 7) is 3.12. The summed E-state index contributed by atoms with van der Waals surface area (Å²) in [5, 5.41) is 9.50. The Bertz CT molecular complexity index is 756. The van der Waals surface area contributed by atoms with Gasteiger partial charge in [0.25, 0.3) is 0 Å². The van der Waals surface area contributed by atoms with E-state index in [1.54, 1.807) is 0 Å². The molecule has 0 saturated heterocycles. The first-order chi connectivity index (χ1) is 9.83. The number of hydrogen-bond donors (Lipinski definition) is 1. The summed E-state index contributed by atoms with van der Waals surface area (Å²) in [6.07, 6.45) is 1.07. The van der Waals surface area contributed by atoms with E-state index in [0.29, 0.717) is 6.04 Å². The molecule has 100 valence electrons. The van der Waals surface area contributed by atoms with Crippen LogP contribution in [0.5, 0.6) is 0 Å². The van der Waals surface area contributed by atoms with Gasteiger partial charge in [-0.2, -0.15) is 5.10 Å². The lowest BCUT2D eigenvalue weighted by molar-refractivity contribution is 0.485. The summed E-state index contributed by atoms with van der Waals surface area (Å²) in [5.41, 5.74) is 3.70. The van der Waals surface area contributed by atoms with E-state index >= 15 is 0 Å². The zero-order valence-electron chi connectivity index (χ0n) is 11.5. The van der Waals surface area contributed by atoms with E-state index in [-0.39, 0.29) is 0 Å². The first kappa shape index (κ1) is 11.5. The molecule has 2 aromatic carbocycles. The molecule has 3 nitrogen and oxygen atoms in total. The second-order valence-electron chi connectivity index (χ2n) is 5.45. The van der Waals surface area contributed by atoms with Crippen molar-refractivity contribution in [2.24, 2.45) is 0 Å². The fraction of sp³-hybridized carbons (Fsp3) is 0.235. The van der Waals surface area contributed by atoms with Gasteiger partial charge >= 0.3 is 0 Å². The molecule has 1 aliphatic rings. The Morgan fingerprint density at radius 1 is 1.10 bits per heavy atom. The van der Waals surface area contributed by atoms with Gasteiger partial charge in [0.1, 0.15) is 5.82 Å². The molecular formula is C17H17N3. The number of benzene rings is 2. The molecule has 0 amide bonds. The number of anilines is 1. The van der Waals surface area contributed by atoms with Gasteiger partial charge in [-0.15, -0.1) is 0 Å². The van der Waals surface area contributed by atoms with Crippen LogP contribution in [0.15, 0.2) is 48.5 Å². The van der Waals surface area contributed by atoms with Crippen LogP contribution in [-0.4, -0.2) is 16.3 Å². The van der Waals surface area contributed by atoms with E-state index in [0.717, 1.165) is 24.3 Å². The van der Waals surface area contributed by atoms with Gasteiger partial charge in [-0.05, 0) is 31.0 Å². The monoisotopic (exact) mass is 263 g/mol. The van der Waals surface area contributed by atoms with Gasteiger partial charge < -0.3 is 5.32 Å². The van der Waals surface area contributed by atoms with Crippen molar-refractivity contribution in [1.82, 2.24) is 9.78 Å². The second kappa shape index (κ2) is 4.37. The lowest BCUT2D eigenvalue weighted by atomic mass is 10.0. The maximum absolute atomic E-state index is 4.79. The van der Waals surface area contributed by atoms with Crippen LogP contribution >= 0.6 is 0 Å². The van der Waals surface area contributed by atoms with Crippen LogP contribution in [0.4, 0.5) is 5.82 Å². The number of aryl methyl sites for hydroxylation is 1. The Balaban J connectivity index is 1.87. The van der Waals surface area contributed by atoms with E-state index in [9.17, 15) is 0 Å². The van der Waals surface area contributed by atoms with Crippen molar-refractivity contribution in [1.29, 1.82) is 0 Å². The van der Waals surface area contributed by atoms with Crippen molar-refractivity contribution in [3.8, 4) is 0 Å². The third-order valence-corrected chi connectivity index (χ3v) is 4.07. The molecule has 1 aromatic heterocycles. The van der Waals surface area contributed by atoms with E-state index in [1.165, 1.54) is 16.5 Å². The fourth-order valence-corrected chi connectivity index (χ4v) is 3.00. The third-order valence-electron chi connectivity index (χ3n) is 4.07. The first-order valence-electron chi connectivity index (χ1n) is 7.10. The van der Waals surface area contributed by atoms with Crippen molar-refractivity contribution >= 4 is 16.7 Å². The predicted octanol–water partition coefficient (Wildman–Crippen LogP) is 3.75. The van der Waals surface area contributed by atoms with Crippen molar-refractivity contribution in [2.45, 2.75) is 19.4 Å². The van der Waals surface area contributed by atoms with Crippen LogP contribution in [0.25, 0.3) is 10.9 Å². The molecule has 0 bridgehead atoms. The highest BCUT2D eigenvalue weighted by Crippen LogP contribution is 2.34. The second-order valence-corrected chi connectivity index (χ2v) is 5.45. The van der Waals surface area contributed by atoms with Gasteiger partial charge in [-0.3, -0.25) is 0 Å². The molecule has 4 rings (SSSR count). The van der Waals surface area contributed by atoms with Gasteiger partial charge in [0.2, 0.25) is 0 Å². The van der Waals surface area contributed by atoms with E-state index in [2.05, 4.69) is 59.4 Å². The summed E-state index contributed by atoms with van der Waals surface area (Å²) >= 11 is 0. The molecule has 0 aliphatic carbocycles. The Kier molecular flexibility index (Phi) is 2.52. The Hall–Kier alpha value is -2.29. The van der Waals surface area contributed by atoms with Crippen molar-refractivity contribution in [3.05, 3.63) is 59.7 Å². The lowest BCUT2D eigenvalue weighted by Crippen LogP contribution is -2.24. The van der Waals surface area contributed by atoms with Crippen molar-refractivity contribution in [3.63, 3.8) is 0 Å². The van der Waals surface area contributed by atoms with Crippen LogP contribution < -0.4 is 5.32 Å². The zero-order chi connectivity index (χ0) is 13.5. The standard InChI is InChI=1S/C17H17N3/c1-12-6-8-13(9-7-12)16-10-11-18-17-14-4-2-3-5-15(14)19-20(16)17/h2-9,16,18H,10-11H2,1H3. The minimum atomic E-state index is 0.333. The maximum Gasteiger partial charge on any atom is 0.132 e. The minimum absolute atomic E-state index is 0.333. The molecule has 0 radical (unpaired) electrons. The molecule has 1 unspecified atom stereocenters. The van der Waals surface area contributed by atoms with Crippen LogP contribution in [-0.2, 0) is 0 Å². The van der Waals surface area contributed by atoms with Gasteiger partial charge in [-0.25, -0.2) is 4.68 Å². The molecule has 1 N–H and O–H groups in total. The minimum Gasteiger partial charge on any atom is -0.370 e. The van der Waals surface area contributed by atoms with Crippen LogP contribution in [0.3, 0.4) is 0 Å². The number of hydrogen-bond acceptors (Lipinski definition) is 2. The van der Waals surface area contributed by atoms with Crippen molar-refractivity contribution in [2.75, 3.05) is 11.9 Å². The summed E-state index contributed by atoms with van der Waals surface area (Å²) < 4.78 is 2.15. The molecular weight excluding hydrogens is 246 g/mol. The number of fused-ring (bicyclic) bond motifs is 3. The highest BCUT2D eigenvalue weighted by Gasteiger charge is 2.24. The summed E-state index contributed by atoms with van der Waals surface area (Å²) in [6, 6.07) is 17.5. The average molecular weight is 263 g/mol. The SMILES string of the molecule is Cc1ccc(C2CCNc3c4ccccc4nn32)cc1. The molecule has 20 heavy (non-hydrogen) atoms. The van der Waals surface area contributed by atoms with Gasteiger partial charge in [0, 0.05) is 11.9 Å². The summed E-state index contributed by atoms with van der Waals surface area (Å²) in [7, 11) is 0. The van der Waals surface area contributed by atoms with E-state index < -0.39 is 0 Å². The Labute approximate surface area is 118 Å². The molecule has 1 aliphatic heterocycles. The Morgan fingerprint density at radius 3 is 2.75 bits per heavy atom. The number of aromatic nitrogens is 2. The largest absolute Gasteiger partial charge is 0.370 e.